The molecule has 2 aromatic carbocycles. The summed E-state index contributed by atoms with van der Waals surface area (Å²) in [5, 5.41) is 0. The molecule has 0 radical (unpaired) electrons. The highest BCUT2D eigenvalue weighted by atomic mass is 32.2. The SMILES string of the molecule is Cc1ncc(-c2ccc(NS(=O)(=O)CCc3ccccc3)cc2)o1. The lowest BCUT2D eigenvalue weighted by Gasteiger charge is -2.08. The zero-order valence-electron chi connectivity index (χ0n) is 13.3. The average Bonchev–Trinajstić information content (AvgIpc) is 3.01. The van der Waals surface area contributed by atoms with E-state index in [1.54, 1.807) is 37.4 Å². The second-order valence-electron chi connectivity index (χ2n) is 5.48. The van der Waals surface area contributed by atoms with E-state index in [4.69, 9.17) is 4.42 Å². The van der Waals surface area contributed by atoms with Crippen molar-refractivity contribution in [2.24, 2.45) is 0 Å². The molecule has 0 unspecified atom stereocenters. The topological polar surface area (TPSA) is 72.2 Å². The van der Waals surface area contributed by atoms with Crippen LogP contribution in [0.4, 0.5) is 5.69 Å². The van der Waals surface area contributed by atoms with Gasteiger partial charge in [-0.05, 0) is 36.2 Å². The van der Waals surface area contributed by atoms with E-state index >= 15 is 0 Å². The van der Waals surface area contributed by atoms with Crippen LogP contribution >= 0.6 is 0 Å². The molecule has 0 aliphatic carbocycles. The largest absolute Gasteiger partial charge is 0.441 e. The molecule has 124 valence electrons. The molecular weight excluding hydrogens is 324 g/mol. The van der Waals surface area contributed by atoms with Gasteiger partial charge in [0.05, 0.1) is 11.9 Å². The Kier molecular flexibility index (Phi) is 4.66. The van der Waals surface area contributed by atoms with Crippen LogP contribution in [0.2, 0.25) is 0 Å². The Morgan fingerprint density at radius 1 is 1.04 bits per heavy atom. The van der Waals surface area contributed by atoms with E-state index in [0.29, 0.717) is 23.8 Å². The van der Waals surface area contributed by atoms with Crippen LogP contribution in [0.15, 0.2) is 65.2 Å². The van der Waals surface area contributed by atoms with Gasteiger partial charge in [0.2, 0.25) is 10.0 Å². The fraction of sp³-hybridized carbons (Fsp3) is 0.167. The molecular formula is C18H18N2O3S. The van der Waals surface area contributed by atoms with Crippen LogP contribution in [0.5, 0.6) is 0 Å². The standard InChI is InChI=1S/C18H18N2O3S/c1-14-19-13-18(23-14)16-7-9-17(10-8-16)20-24(21,22)12-11-15-5-3-2-4-6-15/h2-10,13,20H,11-12H2,1H3. The third-order valence-corrected chi connectivity index (χ3v) is 4.85. The van der Waals surface area contributed by atoms with Gasteiger partial charge in [0.25, 0.3) is 0 Å². The second kappa shape index (κ2) is 6.88. The highest BCUT2D eigenvalue weighted by Crippen LogP contribution is 2.22. The van der Waals surface area contributed by atoms with E-state index in [-0.39, 0.29) is 5.75 Å². The maximum Gasteiger partial charge on any atom is 0.233 e. The molecule has 3 aromatic rings. The average molecular weight is 342 g/mol. The van der Waals surface area contributed by atoms with Crippen LogP contribution < -0.4 is 4.72 Å². The summed E-state index contributed by atoms with van der Waals surface area (Å²) in [4.78, 5) is 4.05. The van der Waals surface area contributed by atoms with Crippen molar-refractivity contribution in [3.05, 3.63) is 72.2 Å². The summed E-state index contributed by atoms with van der Waals surface area (Å²) in [5.41, 5.74) is 2.38. The Labute approximate surface area is 141 Å². The first-order valence-corrected chi connectivity index (χ1v) is 9.24. The lowest BCUT2D eigenvalue weighted by Crippen LogP contribution is -2.18. The number of benzene rings is 2. The summed E-state index contributed by atoms with van der Waals surface area (Å²) >= 11 is 0. The quantitative estimate of drug-likeness (QED) is 0.742. The predicted molar refractivity (Wildman–Crippen MR) is 94.2 cm³/mol. The number of oxazole rings is 1. The Balaban J connectivity index is 1.64. The first-order chi connectivity index (χ1) is 11.5. The number of hydrogen-bond acceptors (Lipinski definition) is 4. The van der Waals surface area contributed by atoms with Crippen LogP contribution in [0, 0.1) is 6.92 Å². The van der Waals surface area contributed by atoms with Crippen molar-refractivity contribution in [1.29, 1.82) is 0 Å². The molecule has 0 amide bonds. The summed E-state index contributed by atoms with van der Waals surface area (Å²) in [6.07, 6.45) is 2.12. The monoisotopic (exact) mass is 342 g/mol. The summed E-state index contributed by atoms with van der Waals surface area (Å²) in [5.74, 6) is 1.29. The molecule has 0 atom stereocenters. The number of aryl methyl sites for hydroxylation is 2. The fourth-order valence-corrected chi connectivity index (χ4v) is 3.43. The summed E-state index contributed by atoms with van der Waals surface area (Å²) < 4.78 is 32.4. The predicted octanol–water partition coefficient (Wildman–Crippen LogP) is 3.63. The van der Waals surface area contributed by atoms with Gasteiger partial charge in [0, 0.05) is 18.2 Å². The van der Waals surface area contributed by atoms with Crippen LogP contribution in [0.3, 0.4) is 0 Å². The minimum Gasteiger partial charge on any atom is -0.441 e. The van der Waals surface area contributed by atoms with E-state index in [0.717, 1.165) is 11.1 Å². The molecule has 24 heavy (non-hydrogen) atoms. The van der Waals surface area contributed by atoms with Crippen LogP contribution in [0.1, 0.15) is 11.5 Å². The number of aromatic nitrogens is 1. The molecule has 3 rings (SSSR count). The minimum absolute atomic E-state index is 0.0417. The van der Waals surface area contributed by atoms with E-state index in [1.807, 2.05) is 30.3 Å². The number of rotatable bonds is 6. The van der Waals surface area contributed by atoms with Crippen molar-refractivity contribution in [3.8, 4) is 11.3 Å². The molecule has 1 N–H and O–H groups in total. The third kappa shape index (κ3) is 4.23. The van der Waals surface area contributed by atoms with Crippen LogP contribution in [0.25, 0.3) is 11.3 Å². The Hall–Kier alpha value is -2.60. The third-order valence-electron chi connectivity index (χ3n) is 3.57. The van der Waals surface area contributed by atoms with E-state index in [2.05, 4.69) is 9.71 Å². The van der Waals surface area contributed by atoms with Crippen molar-refractivity contribution in [2.45, 2.75) is 13.3 Å². The molecule has 0 aliphatic heterocycles. The lowest BCUT2D eigenvalue weighted by atomic mass is 10.2. The van der Waals surface area contributed by atoms with Crippen LogP contribution in [-0.2, 0) is 16.4 Å². The molecule has 5 nitrogen and oxygen atoms in total. The smallest absolute Gasteiger partial charge is 0.233 e. The van der Waals surface area contributed by atoms with Gasteiger partial charge in [0.1, 0.15) is 0 Å². The van der Waals surface area contributed by atoms with Crippen molar-refractivity contribution in [2.75, 3.05) is 10.5 Å². The minimum atomic E-state index is -3.39. The first-order valence-electron chi connectivity index (χ1n) is 7.59. The Bertz CT molecular complexity index is 901. The van der Waals surface area contributed by atoms with Gasteiger partial charge in [-0.1, -0.05) is 30.3 Å². The van der Waals surface area contributed by atoms with E-state index in [1.165, 1.54) is 0 Å². The molecule has 0 aliphatic rings. The van der Waals surface area contributed by atoms with Gasteiger partial charge < -0.3 is 4.42 Å². The number of sulfonamides is 1. The van der Waals surface area contributed by atoms with Gasteiger partial charge in [0.15, 0.2) is 11.7 Å². The summed E-state index contributed by atoms with van der Waals surface area (Å²) in [6, 6.07) is 16.6. The number of nitrogens with one attached hydrogen (secondary N) is 1. The maximum atomic E-state index is 12.2. The number of anilines is 1. The van der Waals surface area contributed by atoms with Crippen molar-refractivity contribution >= 4 is 15.7 Å². The number of hydrogen-bond donors (Lipinski definition) is 1. The molecule has 0 bridgehead atoms. The first kappa shape index (κ1) is 16.3. The molecule has 0 fully saturated rings. The van der Waals surface area contributed by atoms with Crippen molar-refractivity contribution < 1.29 is 12.8 Å². The Morgan fingerprint density at radius 3 is 2.38 bits per heavy atom. The zero-order valence-corrected chi connectivity index (χ0v) is 14.1. The Morgan fingerprint density at radius 2 is 1.75 bits per heavy atom. The van der Waals surface area contributed by atoms with Gasteiger partial charge in [-0.3, -0.25) is 4.72 Å². The van der Waals surface area contributed by atoms with Gasteiger partial charge >= 0.3 is 0 Å². The normalized spacial score (nSPS) is 11.4. The summed E-state index contributed by atoms with van der Waals surface area (Å²) in [7, 11) is -3.39. The highest BCUT2D eigenvalue weighted by molar-refractivity contribution is 7.92. The second-order valence-corrected chi connectivity index (χ2v) is 7.32. The van der Waals surface area contributed by atoms with Crippen molar-refractivity contribution in [1.82, 2.24) is 4.98 Å². The molecule has 1 aromatic heterocycles. The highest BCUT2D eigenvalue weighted by Gasteiger charge is 2.11. The molecule has 0 spiro atoms. The fourth-order valence-electron chi connectivity index (χ4n) is 2.32. The van der Waals surface area contributed by atoms with E-state index in [9.17, 15) is 8.42 Å². The van der Waals surface area contributed by atoms with E-state index < -0.39 is 10.0 Å². The molecule has 0 saturated heterocycles. The van der Waals surface area contributed by atoms with Gasteiger partial charge in [-0.2, -0.15) is 0 Å². The van der Waals surface area contributed by atoms with Crippen molar-refractivity contribution in [3.63, 3.8) is 0 Å². The van der Waals surface area contributed by atoms with Gasteiger partial charge in [-0.15, -0.1) is 0 Å². The summed E-state index contributed by atoms with van der Waals surface area (Å²) in [6.45, 7) is 1.78. The lowest BCUT2D eigenvalue weighted by molar-refractivity contribution is 0.534. The van der Waals surface area contributed by atoms with Crippen LogP contribution in [-0.4, -0.2) is 19.2 Å². The molecule has 1 heterocycles. The number of nitrogens with zero attached hydrogens (tertiary/aromatic N) is 1. The maximum absolute atomic E-state index is 12.2. The molecule has 0 saturated carbocycles. The van der Waals surface area contributed by atoms with Gasteiger partial charge in [-0.25, -0.2) is 13.4 Å². The molecule has 6 heteroatoms. The zero-order chi connectivity index (χ0) is 17.0.